The van der Waals surface area contributed by atoms with Gasteiger partial charge in [-0.3, -0.25) is 9.48 Å². The maximum atomic E-state index is 12.4. The zero-order valence-corrected chi connectivity index (χ0v) is 14.6. The van der Waals surface area contributed by atoms with Gasteiger partial charge in [0.1, 0.15) is 0 Å². The molecule has 0 radical (unpaired) electrons. The highest BCUT2D eigenvalue weighted by Crippen LogP contribution is 2.15. The first-order valence-electron chi connectivity index (χ1n) is 7.96. The zero-order valence-electron chi connectivity index (χ0n) is 13.8. The summed E-state index contributed by atoms with van der Waals surface area (Å²) in [5.74, 6) is -0.0212. The van der Waals surface area contributed by atoms with Crippen LogP contribution in [0.2, 0.25) is 0 Å². The Kier molecular flexibility index (Phi) is 5.16. The quantitative estimate of drug-likeness (QED) is 0.800. The summed E-state index contributed by atoms with van der Waals surface area (Å²) >= 11 is 0. The summed E-state index contributed by atoms with van der Waals surface area (Å²) < 4.78 is 34.3. The number of rotatable bonds is 6. The minimum atomic E-state index is -3.70. The number of amides is 1. The molecule has 2 heterocycles. The SMILES string of the molecule is Cn1ccc(NC(=O)c2cccc(S(=O)(=O)NCC3CCCO3)c2)n1. The van der Waals surface area contributed by atoms with Gasteiger partial charge in [-0.2, -0.15) is 5.10 Å². The molecule has 1 unspecified atom stereocenters. The van der Waals surface area contributed by atoms with Gasteiger partial charge in [0.2, 0.25) is 10.0 Å². The lowest BCUT2D eigenvalue weighted by Crippen LogP contribution is -2.32. The van der Waals surface area contributed by atoms with Crippen LogP contribution in [0.5, 0.6) is 0 Å². The Bertz CT molecular complexity index is 857. The average molecular weight is 364 g/mol. The van der Waals surface area contributed by atoms with Gasteiger partial charge in [0, 0.05) is 38.0 Å². The molecule has 25 heavy (non-hydrogen) atoms. The number of carbonyl (C=O) groups excluding carboxylic acids is 1. The number of ether oxygens (including phenoxy) is 1. The summed E-state index contributed by atoms with van der Waals surface area (Å²) in [6.45, 7) is 0.891. The molecule has 1 fully saturated rings. The second kappa shape index (κ2) is 7.34. The third kappa shape index (κ3) is 4.44. The van der Waals surface area contributed by atoms with Crippen molar-refractivity contribution in [1.82, 2.24) is 14.5 Å². The van der Waals surface area contributed by atoms with Crippen molar-refractivity contribution < 1.29 is 17.9 Å². The molecule has 134 valence electrons. The third-order valence-corrected chi connectivity index (χ3v) is 5.31. The molecule has 0 bridgehead atoms. The maximum absolute atomic E-state index is 12.4. The van der Waals surface area contributed by atoms with E-state index in [0.29, 0.717) is 12.4 Å². The fourth-order valence-electron chi connectivity index (χ4n) is 2.57. The lowest BCUT2D eigenvalue weighted by Gasteiger charge is -2.12. The van der Waals surface area contributed by atoms with E-state index in [4.69, 9.17) is 4.74 Å². The first kappa shape index (κ1) is 17.6. The molecule has 3 rings (SSSR count). The van der Waals surface area contributed by atoms with Crippen LogP contribution in [0.3, 0.4) is 0 Å². The van der Waals surface area contributed by atoms with Crippen LogP contribution >= 0.6 is 0 Å². The summed E-state index contributed by atoms with van der Waals surface area (Å²) in [6, 6.07) is 7.54. The monoisotopic (exact) mass is 364 g/mol. The molecule has 0 spiro atoms. The minimum Gasteiger partial charge on any atom is -0.377 e. The highest BCUT2D eigenvalue weighted by Gasteiger charge is 2.21. The van der Waals surface area contributed by atoms with Gasteiger partial charge in [0.25, 0.3) is 5.91 Å². The highest BCUT2D eigenvalue weighted by molar-refractivity contribution is 7.89. The Hall–Kier alpha value is -2.23. The van der Waals surface area contributed by atoms with E-state index in [9.17, 15) is 13.2 Å². The van der Waals surface area contributed by atoms with Crippen molar-refractivity contribution in [1.29, 1.82) is 0 Å². The van der Waals surface area contributed by atoms with Crippen molar-refractivity contribution in [2.24, 2.45) is 7.05 Å². The number of hydrogen-bond acceptors (Lipinski definition) is 5. The maximum Gasteiger partial charge on any atom is 0.256 e. The number of hydrogen-bond donors (Lipinski definition) is 2. The Morgan fingerprint density at radius 2 is 2.24 bits per heavy atom. The first-order valence-corrected chi connectivity index (χ1v) is 9.45. The largest absolute Gasteiger partial charge is 0.377 e. The molecule has 0 saturated carbocycles. The summed E-state index contributed by atoms with van der Waals surface area (Å²) in [6.07, 6.45) is 3.39. The zero-order chi connectivity index (χ0) is 17.9. The molecule has 0 aliphatic carbocycles. The number of carbonyl (C=O) groups is 1. The van der Waals surface area contributed by atoms with Crippen LogP contribution < -0.4 is 10.0 Å². The summed E-state index contributed by atoms with van der Waals surface area (Å²) in [5.41, 5.74) is 0.241. The first-order chi connectivity index (χ1) is 11.9. The smallest absolute Gasteiger partial charge is 0.256 e. The van der Waals surface area contributed by atoms with Gasteiger partial charge in [0.15, 0.2) is 5.82 Å². The second-order valence-electron chi connectivity index (χ2n) is 5.84. The van der Waals surface area contributed by atoms with Crippen LogP contribution in [0.15, 0.2) is 41.4 Å². The molecule has 1 aromatic heterocycles. The van der Waals surface area contributed by atoms with E-state index in [2.05, 4.69) is 15.1 Å². The fraction of sp³-hybridized carbons (Fsp3) is 0.375. The Morgan fingerprint density at radius 1 is 1.40 bits per heavy atom. The van der Waals surface area contributed by atoms with E-state index >= 15 is 0 Å². The van der Waals surface area contributed by atoms with Crippen molar-refractivity contribution in [2.75, 3.05) is 18.5 Å². The second-order valence-corrected chi connectivity index (χ2v) is 7.61. The Balaban J connectivity index is 1.70. The van der Waals surface area contributed by atoms with Gasteiger partial charge in [-0.15, -0.1) is 0 Å². The summed E-state index contributed by atoms with van der Waals surface area (Å²) in [7, 11) is -1.96. The average Bonchev–Trinajstić information content (AvgIpc) is 3.25. The Labute approximate surface area is 146 Å². The Morgan fingerprint density at radius 3 is 2.92 bits per heavy atom. The fourth-order valence-corrected chi connectivity index (χ4v) is 3.68. The van der Waals surface area contributed by atoms with Gasteiger partial charge in [-0.05, 0) is 31.0 Å². The molecule has 2 aromatic rings. The predicted octanol–water partition coefficient (Wildman–Crippen LogP) is 1.13. The van der Waals surface area contributed by atoms with E-state index in [1.54, 1.807) is 30.1 Å². The number of nitrogens with zero attached hydrogens (tertiary/aromatic N) is 2. The van der Waals surface area contributed by atoms with Gasteiger partial charge >= 0.3 is 0 Å². The number of aryl methyl sites for hydroxylation is 1. The van der Waals surface area contributed by atoms with E-state index in [1.807, 2.05) is 0 Å². The molecule has 1 amide bonds. The third-order valence-electron chi connectivity index (χ3n) is 3.89. The molecular weight excluding hydrogens is 344 g/mol. The molecule has 1 aliphatic rings. The minimum absolute atomic E-state index is 0.0409. The molecule has 1 saturated heterocycles. The normalized spacial score (nSPS) is 17.6. The van der Waals surface area contributed by atoms with Crippen LogP contribution in [0.1, 0.15) is 23.2 Å². The van der Waals surface area contributed by atoms with Crippen LogP contribution in [-0.2, 0) is 21.8 Å². The van der Waals surface area contributed by atoms with Crippen LogP contribution in [0, 0.1) is 0 Å². The van der Waals surface area contributed by atoms with Gasteiger partial charge in [-0.1, -0.05) is 6.07 Å². The number of nitrogens with one attached hydrogen (secondary N) is 2. The molecule has 1 atom stereocenters. The van der Waals surface area contributed by atoms with Crippen LogP contribution in [0.4, 0.5) is 5.82 Å². The van der Waals surface area contributed by atoms with Crippen molar-refractivity contribution in [3.8, 4) is 0 Å². The molecule has 8 nitrogen and oxygen atoms in total. The molecule has 1 aliphatic heterocycles. The van der Waals surface area contributed by atoms with Crippen molar-refractivity contribution in [3.63, 3.8) is 0 Å². The summed E-state index contributed by atoms with van der Waals surface area (Å²) in [4.78, 5) is 12.3. The van der Waals surface area contributed by atoms with Gasteiger partial charge in [0.05, 0.1) is 11.0 Å². The van der Waals surface area contributed by atoms with Crippen molar-refractivity contribution >= 4 is 21.7 Å². The standard InChI is InChI=1S/C16H20N4O4S/c1-20-8-7-15(19-20)18-16(21)12-4-2-6-14(10-12)25(22,23)17-11-13-5-3-9-24-13/h2,4,6-8,10,13,17H,3,5,9,11H2,1H3,(H,18,19,21). The summed E-state index contributed by atoms with van der Waals surface area (Å²) in [5, 5.41) is 6.69. The van der Waals surface area contributed by atoms with Crippen molar-refractivity contribution in [2.45, 2.75) is 23.8 Å². The molecule has 2 N–H and O–H groups in total. The number of sulfonamides is 1. The van der Waals surface area contributed by atoms with Crippen LogP contribution in [0.25, 0.3) is 0 Å². The lowest BCUT2D eigenvalue weighted by atomic mass is 10.2. The van der Waals surface area contributed by atoms with Gasteiger partial charge in [-0.25, -0.2) is 13.1 Å². The molecule has 1 aromatic carbocycles. The molecular formula is C16H20N4O4S. The topological polar surface area (TPSA) is 102 Å². The van der Waals surface area contributed by atoms with E-state index in [0.717, 1.165) is 12.8 Å². The van der Waals surface area contributed by atoms with Crippen molar-refractivity contribution in [3.05, 3.63) is 42.1 Å². The lowest BCUT2D eigenvalue weighted by molar-refractivity contribution is 0.102. The number of benzene rings is 1. The number of anilines is 1. The number of aromatic nitrogens is 2. The predicted molar refractivity (Wildman–Crippen MR) is 91.8 cm³/mol. The van der Waals surface area contributed by atoms with E-state index in [-0.39, 0.29) is 23.1 Å². The van der Waals surface area contributed by atoms with Crippen LogP contribution in [-0.4, -0.2) is 43.4 Å². The van der Waals surface area contributed by atoms with E-state index in [1.165, 1.54) is 18.2 Å². The van der Waals surface area contributed by atoms with Gasteiger partial charge < -0.3 is 10.1 Å². The highest BCUT2D eigenvalue weighted by atomic mass is 32.2. The van der Waals surface area contributed by atoms with E-state index < -0.39 is 15.9 Å². The molecule has 9 heteroatoms.